The molecule has 0 aliphatic carbocycles. The van der Waals surface area contributed by atoms with E-state index in [1.165, 1.54) is 12.1 Å². The Bertz CT molecular complexity index is 1010. The Hall–Kier alpha value is -2.48. The van der Waals surface area contributed by atoms with Gasteiger partial charge in [0.25, 0.3) is 5.56 Å². The number of hydrogen-bond acceptors (Lipinski definition) is 2. The molecule has 0 aliphatic heterocycles. The molecule has 0 spiro atoms. The summed E-state index contributed by atoms with van der Waals surface area (Å²) in [5.74, 6) is -4.20. The van der Waals surface area contributed by atoms with E-state index >= 15 is 0 Å². The second-order valence-corrected chi connectivity index (χ2v) is 5.27. The van der Waals surface area contributed by atoms with Gasteiger partial charge in [0.05, 0.1) is 16.6 Å². The molecule has 0 saturated carbocycles. The van der Waals surface area contributed by atoms with Gasteiger partial charge in [-0.1, -0.05) is 11.6 Å². The maximum absolute atomic E-state index is 13.4. The van der Waals surface area contributed by atoms with Crippen LogP contribution in [0.15, 0.2) is 41.2 Å². The van der Waals surface area contributed by atoms with Crippen molar-refractivity contribution < 1.29 is 22.0 Å². The highest BCUT2D eigenvalue weighted by Gasteiger charge is 2.38. The van der Waals surface area contributed by atoms with Crippen molar-refractivity contribution in [3.63, 3.8) is 0 Å². The molecule has 2 aromatic carbocycles. The molecule has 0 amide bonds. The minimum absolute atomic E-state index is 0.105. The fourth-order valence-corrected chi connectivity index (χ4v) is 2.38. The fraction of sp³-hybridized carbons (Fsp3) is 0.0667. The van der Waals surface area contributed by atoms with Crippen LogP contribution in [0.3, 0.4) is 0 Å². The second-order valence-electron chi connectivity index (χ2n) is 4.83. The van der Waals surface area contributed by atoms with Gasteiger partial charge in [0.15, 0.2) is 11.6 Å². The quantitative estimate of drug-likeness (QED) is 0.605. The summed E-state index contributed by atoms with van der Waals surface area (Å²) in [7, 11) is 0. The number of fused-ring (bicyclic) bond motifs is 1. The summed E-state index contributed by atoms with van der Waals surface area (Å²) in [5.41, 5.74) is -1.82. The molecule has 3 rings (SSSR count). The molecule has 0 aliphatic rings. The number of halogens is 6. The first-order chi connectivity index (χ1) is 11.2. The Kier molecular flexibility index (Phi) is 3.79. The van der Waals surface area contributed by atoms with Crippen LogP contribution in [0.1, 0.15) is 5.82 Å². The first-order valence-electron chi connectivity index (χ1n) is 6.43. The number of nitrogens with zero attached hydrogens (tertiary/aromatic N) is 2. The summed E-state index contributed by atoms with van der Waals surface area (Å²) < 4.78 is 66.5. The lowest BCUT2D eigenvalue weighted by atomic mass is 10.2. The predicted octanol–water partition coefficient (Wildman–Crippen LogP) is 4.34. The molecule has 0 saturated heterocycles. The lowest BCUT2D eigenvalue weighted by Gasteiger charge is -2.15. The van der Waals surface area contributed by atoms with Crippen LogP contribution in [0.4, 0.5) is 22.0 Å². The molecule has 3 aromatic rings. The van der Waals surface area contributed by atoms with Gasteiger partial charge in [0, 0.05) is 11.1 Å². The Balaban J connectivity index is 2.44. The molecule has 0 fully saturated rings. The van der Waals surface area contributed by atoms with Crippen LogP contribution in [0, 0.1) is 11.6 Å². The molecule has 124 valence electrons. The largest absolute Gasteiger partial charge is 0.450 e. The van der Waals surface area contributed by atoms with Crippen molar-refractivity contribution in [2.75, 3.05) is 0 Å². The van der Waals surface area contributed by atoms with E-state index < -0.39 is 34.9 Å². The van der Waals surface area contributed by atoms with Crippen LogP contribution in [0.2, 0.25) is 5.02 Å². The first-order valence-corrected chi connectivity index (χ1v) is 6.81. The van der Waals surface area contributed by atoms with Crippen LogP contribution in [-0.2, 0) is 6.18 Å². The standard InChI is InChI=1S/C15H6ClF5N2O/c16-7-1-3-9-12(5-7)22-14(15(19,20)21)23(13(9)24)8-2-4-10(17)11(18)6-8/h1-6H. The highest BCUT2D eigenvalue weighted by Crippen LogP contribution is 2.30. The van der Waals surface area contributed by atoms with Crippen LogP contribution in [0.5, 0.6) is 0 Å². The Labute approximate surface area is 135 Å². The number of hydrogen-bond donors (Lipinski definition) is 0. The van der Waals surface area contributed by atoms with E-state index in [-0.39, 0.29) is 20.5 Å². The van der Waals surface area contributed by atoms with Crippen LogP contribution in [-0.4, -0.2) is 9.55 Å². The van der Waals surface area contributed by atoms with Gasteiger partial charge >= 0.3 is 6.18 Å². The maximum Gasteiger partial charge on any atom is 0.450 e. The number of benzene rings is 2. The fourth-order valence-electron chi connectivity index (χ4n) is 2.21. The average Bonchev–Trinajstić information content (AvgIpc) is 2.49. The molecule has 1 heterocycles. The van der Waals surface area contributed by atoms with Gasteiger partial charge in [-0.05, 0) is 30.3 Å². The lowest BCUT2D eigenvalue weighted by molar-refractivity contribution is -0.146. The molecule has 24 heavy (non-hydrogen) atoms. The average molecular weight is 361 g/mol. The van der Waals surface area contributed by atoms with Crippen LogP contribution < -0.4 is 5.56 Å². The van der Waals surface area contributed by atoms with E-state index in [9.17, 15) is 26.7 Å². The number of rotatable bonds is 1. The zero-order valence-electron chi connectivity index (χ0n) is 11.5. The van der Waals surface area contributed by atoms with Gasteiger partial charge in [-0.2, -0.15) is 13.2 Å². The number of alkyl halides is 3. The Morgan fingerprint density at radius 3 is 2.33 bits per heavy atom. The molecule has 0 radical (unpaired) electrons. The van der Waals surface area contributed by atoms with E-state index in [4.69, 9.17) is 11.6 Å². The minimum Gasteiger partial charge on any atom is -0.268 e. The highest BCUT2D eigenvalue weighted by atomic mass is 35.5. The minimum atomic E-state index is -5.00. The summed E-state index contributed by atoms with van der Waals surface area (Å²) in [6.45, 7) is 0. The van der Waals surface area contributed by atoms with Gasteiger partial charge in [0.1, 0.15) is 0 Å². The monoisotopic (exact) mass is 360 g/mol. The molecular weight excluding hydrogens is 355 g/mol. The molecule has 3 nitrogen and oxygen atoms in total. The molecule has 0 unspecified atom stereocenters. The van der Waals surface area contributed by atoms with Crippen LogP contribution >= 0.6 is 11.6 Å². The molecule has 0 bridgehead atoms. The maximum atomic E-state index is 13.4. The van der Waals surface area contributed by atoms with Crippen molar-refractivity contribution in [3.8, 4) is 5.69 Å². The van der Waals surface area contributed by atoms with Gasteiger partial charge in [-0.25, -0.2) is 13.8 Å². The summed E-state index contributed by atoms with van der Waals surface area (Å²) >= 11 is 5.71. The Morgan fingerprint density at radius 1 is 1.00 bits per heavy atom. The van der Waals surface area contributed by atoms with E-state index in [0.717, 1.165) is 12.1 Å². The zero-order valence-corrected chi connectivity index (χ0v) is 12.3. The summed E-state index contributed by atoms with van der Waals surface area (Å²) in [6, 6.07) is 5.62. The summed E-state index contributed by atoms with van der Waals surface area (Å²) in [4.78, 5) is 15.9. The van der Waals surface area contributed by atoms with Crippen molar-refractivity contribution in [1.29, 1.82) is 0 Å². The third-order valence-corrected chi connectivity index (χ3v) is 3.48. The smallest absolute Gasteiger partial charge is 0.268 e. The van der Waals surface area contributed by atoms with Gasteiger partial charge < -0.3 is 0 Å². The first kappa shape index (κ1) is 16.4. The topological polar surface area (TPSA) is 34.9 Å². The molecule has 1 aromatic heterocycles. The summed E-state index contributed by atoms with van der Waals surface area (Å²) in [6.07, 6.45) is -5.00. The SMILES string of the molecule is O=c1c2ccc(Cl)cc2nc(C(F)(F)F)n1-c1ccc(F)c(F)c1. The van der Waals surface area contributed by atoms with Gasteiger partial charge in [-0.3, -0.25) is 9.36 Å². The van der Waals surface area contributed by atoms with E-state index in [2.05, 4.69) is 4.98 Å². The van der Waals surface area contributed by atoms with Gasteiger partial charge in [0.2, 0.25) is 5.82 Å². The van der Waals surface area contributed by atoms with E-state index in [1.807, 2.05) is 0 Å². The van der Waals surface area contributed by atoms with Crippen molar-refractivity contribution >= 4 is 22.5 Å². The van der Waals surface area contributed by atoms with Crippen LogP contribution in [0.25, 0.3) is 16.6 Å². The predicted molar refractivity (Wildman–Crippen MR) is 77.3 cm³/mol. The van der Waals surface area contributed by atoms with E-state index in [0.29, 0.717) is 12.1 Å². The molecule has 9 heteroatoms. The van der Waals surface area contributed by atoms with Crippen molar-refractivity contribution in [3.05, 3.63) is 69.2 Å². The molecule has 0 N–H and O–H groups in total. The third kappa shape index (κ3) is 2.73. The Morgan fingerprint density at radius 2 is 1.71 bits per heavy atom. The highest BCUT2D eigenvalue weighted by molar-refractivity contribution is 6.31. The van der Waals surface area contributed by atoms with Crippen molar-refractivity contribution in [2.45, 2.75) is 6.18 Å². The molecule has 0 atom stereocenters. The zero-order chi connectivity index (χ0) is 17.6. The molecular formula is C15H6ClF5N2O. The normalized spacial score (nSPS) is 11.9. The third-order valence-electron chi connectivity index (χ3n) is 3.25. The lowest BCUT2D eigenvalue weighted by Crippen LogP contribution is -2.28. The van der Waals surface area contributed by atoms with Gasteiger partial charge in [-0.15, -0.1) is 0 Å². The van der Waals surface area contributed by atoms with Crippen molar-refractivity contribution in [1.82, 2.24) is 9.55 Å². The number of aromatic nitrogens is 2. The second kappa shape index (κ2) is 5.55. The summed E-state index contributed by atoms with van der Waals surface area (Å²) in [5, 5.41) is -0.0368. The van der Waals surface area contributed by atoms with Crippen molar-refractivity contribution in [2.24, 2.45) is 0 Å². The van der Waals surface area contributed by atoms with E-state index in [1.54, 1.807) is 0 Å².